The minimum atomic E-state index is -4.42. The summed E-state index contributed by atoms with van der Waals surface area (Å²) in [6.07, 6.45) is -4.57. The van der Waals surface area contributed by atoms with E-state index in [1.54, 1.807) is 0 Å². The number of hydrazine groups is 1. The van der Waals surface area contributed by atoms with Crippen LogP contribution in [0.2, 0.25) is 0 Å². The van der Waals surface area contributed by atoms with Crippen molar-refractivity contribution < 1.29 is 22.8 Å². The number of hydrogen-bond donors (Lipinski definition) is 3. The van der Waals surface area contributed by atoms with Crippen molar-refractivity contribution >= 4 is 17.5 Å². The van der Waals surface area contributed by atoms with Gasteiger partial charge in [-0.2, -0.15) is 13.2 Å². The maximum absolute atomic E-state index is 12.5. The SMILES string of the molecule is Cc1ccc(NCC(=O)NNC(=O)Cc2ccc(C(F)(F)F)cc2)c(C)c1. The van der Waals surface area contributed by atoms with Crippen LogP contribution in [0, 0.1) is 13.8 Å². The fraction of sp³-hybridized carbons (Fsp3) is 0.263. The molecular formula is C19H20F3N3O2. The lowest BCUT2D eigenvalue weighted by atomic mass is 10.1. The third kappa shape index (κ3) is 6.32. The fourth-order valence-corrected chi connectivity index (χ4v) is 2.41. The summed E-state index contributed by atoms with van der Waals surface area (Å²) in [5.41, 5.74) is 7.03. The summed E-state index contributed by atoms with van der Waals surface area (Å²) in [5, 5.41) is 2.96. The summed E-state index contributed by atoms with van der Waals surface area (Å²) in [5.74, 6) is -0.981. The third-order valence-electron chi connectivity index (χ3n) is 3.81. The Bertz CT molecular complexity index is 818. The second-order valence-electron chi connectivity index (χ2n) is 6.14. The fourth-order valence-electron chi connectivity index (χ4n) is 2.41. The van der Waals surface area contributed by atoms with Crippen LogP contribution in [-0.4, -0.2) is 18.4 Å². The van der Waals surface area contributed by atoms with Gasteiger partial charge in [0.1, 0.15) is 0 Å². The van der Waals surface area contributed by atoms with Gasteiger partial charge in [-0.3, -0.25) is 20.4 Å². The summed E-state index contributed by atoms with van der Waals surface area (Å²) in [6.45, 7) is 3.85. The van der Waals surface area contributed by atoms with Gasteiger partial charge in [-0.05, 0) is 43.2 Å². The van der Waals surface area contributed by atoms with Crippen molar-refractivity contribution in [1.29, 1.82) is 0 Å². The highest BCUT2D eigenvalue weighted by atomic mass is 19.4. The monoisotopic (exact) mass is 379 g/mol. The molecule has 2 aromatic carbocycles. The van der Waals surface area contributed by atoms with Gasteiger partial charge >= 0.3 is 6.18 Å². The van der Waals surface area contributed by atoms with Crippen LogP contribution < -0.4 is 16.2 Å². The van der Waals surface area contributed by atoms with Crippen molar-refractivity contribution in [2.24, 2.45) is 0 Å². The molecule has 0 bridgehead atoms. The molecular weight excluding hydrogens is 359 g/mol. The molecule has 0 aliphatic heterocycles. The van der Waals surface area contributed by atoms with E-state index in [-0.39, 0.29) is 13.0 Å². The van der Waals surface area contributed by atoms with Gasteiger partial charge in [0.05, 0.1) is 18.5 Å². The van der Waals surface area contributed by atoms with Gasteiger partial charge in [-0.1, -0.05) is 29.8 Å². The first-order valence-electron chi connectivity index (χ1n) is 8.20. The maximum atomic E-state index is 12.5. The van der Waals surface area contributed by atoms with E-state index in [1.807, 2.05) is 32.0 Å². The van der Waals surface area contributed by atoms with Gasteiger partial charge in [0.15, 0.2) is 0 Å². The highest BCUT2D eigenvalue weighted by Gasteiger charge is 2.29. The molecule has 0 aromatic heterocycles. The Morgan fingerprint density at radius 2 is 1.56 bits per heavy atom. The highest BCUT2D eigenvalue weighted by Crippen LogP contribution is 2.29. The van der Waals surface area contributed by atoms with Gasteiger partial charge in [-0.15, -0.1) is 0 Å². The van der Waals surface area contributed by atoms with Crippen LogP contribution in [0.4, 0.5) is 18.9 Å². The third-order valence-corrected chi connectivity index (χ3v) is 3.81. The zero-order valence-electron chi connectivity index (χ0n) is 14.9. The van der Waals surface area contributed by atoms with Gasteiger partial charge < -0.3 is 5.32 Å². The zero-order valence-corrected chi connectivity index (χ0v) is 14.9. The first-order valence-corrected chi connectivity index (χ1v) is 8.20. The molecule has 2 rings (SSSR count). The summed E-state index contributed by atoms with van der Waals surface area (Å²) in [6, 6.07) is 10.0. The van der Waals surface area contributed by atoms with Crippen LogP contribution in [0.3, 0.4) is 0 Å². The van der Waals surface area contributed by atoms with Gasteiger partial charge in [0, 0.05) is 5.69 Å². The van der Waals surface area contributed by atoms with E-state index in [2.05, 4.69) is 16.2 Å². The van der Waals surface area contributed by atoms with E-state index in [1.165, 1.54) is 12.1 Å². The molecule has 0 unspecified atom stereocenters. The number of benzene rings is 2. The molecule has 0 spiro atoms. The van der Waals surface area contributed by atoms with Crippen LogP contribution >= 0.6 is 0 Å². The molecule has 27 heavy (non-hydrogen) atoms. The molecule has 0 radical (unpaired) electrons. The molecule has 0 saturated heterocycles. The zero-order chi connectivity index (χ0) is 20.0. The van der Waals surface area contributed by atoms with Crippen molar-refractivity contribution in [1.82, 2.24) is 10.9 Å². The quantitative estimate of drug-likeness (QED) is 0.699. The standard InChI is InChI=1S/C19H20F3N3O2/c1-12-3-8-16(13(2)9-12)23-11-18(27)25-24-17(26)10-14-4-6-15(7-5-14)19(20,21)22/h3-9,23H,10-11H2,1-2H3,(H,24,26)(H,25,27). The van der Waals surface area contributed by atoms with Crippen molar-refractivity contribution in [3.8, 4) is 0 Å². The average molecular weight is 379 g/mol. The maximum Gasteiger partial charge on any atom is 0.416 e. The lowest BCUT2D eigenvalue weighted by molar-refractivity contribution is -0.137. The van der Waals surface area contributed by atoms with E-state index >= 15 is 0 Å². The Hall–Kier alpha value is -3.03. The lowest BCUT2D eigenvalue weighted by Gasteiger charge is -2.11. The number of aryl methyl sites for hydroxylation is 2. The second kappa shape index (κ2) is 8.57. The van der Waals surface area contributed by atoms with Gasteiger partial charge in [0.2, 0.25) is 5.91 Å². The Labute approximate surface area is 154 Å². The van der Waals surface area contributed by atoms with Crippen molar-refractivity contribution in [2.45, 2.75) is 26.4 Å². The molecule has 2 amide bonds. The number of amides is 2. The molecule has 5 nitrogen and oxygen atoms in total. The molecule has 0 saturated carbocycles. The summed E-state index contributed by atoms with van der Waals surface area (Å²) < 4.78 is 37.5. The Morgan fingerprint density at radius 3 is 2.15 bits per heavy atom. The number of hydrogen-bond acceptors (Lipinski definition) is 3. The summed E-state index contributed by atoms with van der Waals surface area (Å²) in [4.78, 5) is 23.6. The van der Waals surface area contributed by atoms with E-state index in [0.717, 1.165) is 28.9 Å². The predicted octanol–water partition coefficient (Wildman–Crippen LogP) is 3.12. The van der Waals surface area contributed by atoms with Gasteiger partial charge in [-0.25, -0.2) is 0 Å². The second-order valence-corrected chi connectivity index (χ2v) is 6.14. The minimum absolute atomic E-state index is 0.0372. The molecule has 0 fully saturated rings. The van der Waals surface area contributed by atoms with Crippen LogP contribution in [0.5, 0.6) is 0 Å². The van der Waals surface area contributed by atoms with Crippen LogP contribution in [0.15, 0.2) is 42.5 Å². The first-order chi connectivity index (χ1) is 12.6. The van der Waals surface area contributed by atoms with Crippen LogP contribution in [0.1, 0.15) is 22.3 Å². The molecule has 2 aromatic rings. The van der Waals surface area contributed by atoms with Crippen LogP contribution in [0.25, 0.3) is 0 Å². The Morgan fingerprint density at radius 1 is 0.926 bits per heavy atom. The van der Waals surface area contributed by atoms with E-state index in [0.29, 0.717) is 5.56 Å². The molecule has 0 aliphatic carbocycles. The van der Waals surface area contributed by atoms with Gasteiger partial charge in [0.25, 0.3) is 5.91 Å². The van der Waals surface area contributed by atoms with E-state index in [9.17, 15) is 22.8 Å². The average Bonchev–Trinajstić information content (AvgIpc) is 2.59. The normalized spacial score (nSPS) is 11.0. The first kappa shape index (κ1) is 20.3. The Balaban J connectivity index is 1.77. The minimum Gasteiger partial charge on any atom is -0.376 e. The number of nitrogens with one attached hydrogen (secondary N) is 3. The number of rotatable bonds is 5. The molecule has 144 valence electrons. The van der Waals surface area contributed by atoms with E-state index in [4.69, 9.17) is 0 Å². The number of halogens is 3. The molecule has 8 heteroatoms. The number of carbonyl (C=O) groups is 2. The van der Waals surface area contributed by atoms with Crippen molar-refractivity contribution in [2.75, 3.05) is 11.9 Å². The predicted molar refractivity (Wildman–Crippen MR) is 95.8 cm³/mol. The molecule has 3 N–H and O–H groups in total. The van der Waals surface area contributed by atoms with Crippen molar-refractivity contribution in [3.05, 3.63) is 64.7 Å². The number of alkyl halides is 3. The Kier molecular flexibility index (Phi) is 6.44. The summed E-state index contributed by atoms with van der Waals surface area (Å²) >= 11 is 0. The van der Waals surface area contributed by atoms with E-state index < -0.39 is 23.6 Å². The molecule has 0 heterocycles. The number of anilines is 1. The largest absolute Gasteiger partial charge is 0.416 e. The molecule has 0 atom stereocenters. The van der Waals surface area contributed by atoms with Crippen LogP contribution in [-0.2, 0) is 22.2 Å². The lowest BCUT2D eigenvalue weighted by Crippen LogP contribution is -2.44. The van der Waals surface area contributed by atoms with Crippen molar-refractivity contribution in [3.63, 3.8) is 0 Å². The smallest absolute Gasteiger partial charge is 0.376 e. The molecule has 0 aliphatic rings. The highest BCUT2D eigenvalue weighted by molar-refractivity contribution is 5.85. The topological polar surface area (TPSA) is 70.2 Å². The number of carbonyl (C=O) groups excluding carboxylic acids is 2. The summed E-state index contributed by atoms with van der Waals surface area (Å²) in [7, 11) is 0.